The van der Waals surface area contributed by atoms with Crippen LogP contribution in [0.1, 0.15) is 38.3 Å². The predicted molar refractivity (Wildman–Crippen MR) is 112 cm³/mol. The van der Waals surface area contributed by atoms with Crippen molar-refractivity contribution in [1.29, 1.82) is 0 Å². The Morgan fingerprint density at radius 2 is 1.66 bits per heavy atom. The van der Waals surface area contributed by atoms with Crippen LogP contribution in [0.3, 0.4) is 0 Å². The van der Waals surface area contributed by atoms with E-state index >= 15 is 0 Å². The lowest BCUT2D eigenvalue weighted by molar-refractivity contribution is -0.123. The van der Waals surface area contributed by atoms with Crippen molar-refractivity contribution in [3.63, 3.8) is 0 Å². The van der Waals surface area contributed by atoms with Crippen molar-refractivity contribution in [2.24, 2.45) is 0 Å². The highest BCUT2D eigenvalue weighted by Crippen LogP contribution is 2.25. The van der Waals surface area contributed by atoms with Gasteiger partial charge in [0.1, 0.15) is 17.6 Å². The maximum atomic E-state index is 13.3. The Balaban J connectivity index is 2.30. The van der Waals surface area contributed by atoms with Crippen LogP contribution in [-0.4, -0.2) is 33.7 Å². The van der Waals surface area contributed by atoms with Gasteiger partial charge >= 0.3 is 0 Å². The van der Waals surface area contributed by atoms with Crippen LogP contribution in [0, 0.1) is 5.82 Å². The minimum absolute atomic E-state index is 0.244. The highest BCUT2D eigenvalue weighted by Gasteiger charge is 2.32. The third-order valence-corrected chi connectivity index (χ3v) is 5.83. The summed E-state index contributed by atoms with van der Waals surface area (Å²) in [5.41, 5.74) is 1.14. The van der Waals surface area contributed by atoms with E-state index in [0.717, 1.165) is 16.1 Å². The molecule has 0 aliphatic carbocycles. The van der Waals surface area contributed by atoms with Gasteiger partial charge in [0, 0.05) is 0 Å². The van der Waals surface area contributed by atoms with Crippen molar-refractivity contribution in [3.8, 4) is 5.75 Å². The monoisotopic (exact) mass is 422 g/mol. The summed E-state index contributed by atoms with van der Waals surface area (Å²) in [5.74, 6) is -0.184. The number of amides is 1. The van der Waals surface area contributed by atoms with E-state index in [2.05, 4.69) is 5.32 Å². The lowest BCUT2D eigenvalue weighted by Crippen LogP contribution is -2.50. The van der Waals surface area contributed by atoms with Crippen LogP contribution in [0.2, 0.25) is 0 Å². The van der Waals surface area contributed by atoms with E-state index in [0.29, 0.717) is 12.2 Å². The lowest BCUT2D eigenvalue weighted by Gasteiger charge is -2.31. The molecule has 2 atom stereocenters. The molecule has 0 spiro atoms. The Kier molecular flexibility index (Phi) is 7.61. The molecule has 6 nitrogen and oxygen atoms in total. The molecule has 2 rings (SSSR count). The minimum Gasteiger partial charge on any atom is -0.497 e. The quantitative estimate of drug-likeness (QED) is 0.669. The maximum Gasteiger partial charge on any atom is 0.244 e. The maximum absolute atomic E-state index is 13.3. The van der Waals surface area contributed by atoms with Gasteiger partial charge in [0.05, 0.1) is 25.1 Å². The standard InChI is InChI=1S/C21H27FN2O4S/c1-5-19(15-7-13-18(28-3)14-8-15)23-21(25)20(6-2)24(29(4,26)27)17-11-9-16(22)10-12-17/h7-14,19-20H,5-6H2,1-4H3,(H,23,25). The Hall–Kier alpha value is -2.61. The van der Waals surface area contributed by atoms with Gasteiger partial charge in [-0.3, -0.25) is 9.10 Å². The largest absolute Gasteiger partial charge is 0.497 e. The number of anilines is 1. The van der Waals surface area contributed by atoms with E-state index in [1.54, 1.807) is 14.0 Å². The summed E-state index contributed by atoms with van der Waals surface area (Å²) < 4.78 is 44.4. The molecule has 29 heavy (non-hydrogen) atoms. The van der Waals surface area contributed by atoms with Crippen molar-refractivity contribution in [2.75, 3.05) is 17.7 Å². The zero-order valence-corrected chi connectivity index (χ0v) is 17.9. The van der Waals surface area contributed by atoms with Gasteiger partial charge in [0.15, 0.2) is 0 Å². The molecule has 0 aromatic heterocycles. The molecule has 0 fully saturated rings. The van der Waals surface area contributed by atoms with Crippen LogP contribution >= 0.6 is 0 Å². The number of sulfonamides is 1. The summed E-state index contributed by atoms with van der Waals surface area (Å²) in [6.07, 6.45) is 1.92. The number of ether oxygens (including phenoxy) is 1. The third kappa shape index (κ3) is 5.69. The van der Waals surface area contributed by atoms with E-state index in [1.165, 1.54) is 24.3 Å². The van der Waals surface area contributed by atoms with Gasteiger partial charge in [-0.15, -0.1) is 0 Å². The summed E-state index contributed by atoms with van der Waals surface area (Å²) in [6.45, 7) is 3.67. The van der Waals surface area contributed by atoms with Crippen molar-refractivity contribution in [3.05, 3.63) is 59.9 Å². The molecule has 1 N–H and O–H groups in total. The van der Waals surface area contributed by atoms with E-state index in [9.17, 15) is 17.6 Å². The number of rotatable bonds is 9. The second kappa shape index (κ2) is 9.73. The summed E-state index contributed by atoms with van der Waals surface area (Å²) in [6, 6.07) is 11.2. The smallest absolute Gasteiger partial charge is 0.244 e. The van der Waals surface area contributed by atoms with Gasteiger partial charge in [0.25, 0.3) is 0 Å². The minimum atomic E-state index is -3.77. The molecule has 0 radical (unpaired) electrons. The average molecular weight is 423 g/mol. The van der Waals surface area contributed by atoms with Crippen LogP contribution < -0.4 is 14.4 Å². The molecule has 2 unspecified atom stereocenters. The molecule has 0 aliphatic heterocycles. The average Bonchev–Trinajstić information content (AvgIpc) is 2.70. The zero-order chi connectivity index (χ0) is 21.6. The SMILES string of the molecule is CCC(NC(=O)C(CC)N(c1ccc(F)cc1)S(C)(=O)=O)c1ccc(OC)cc1. The number of nitrogens with one attached hydrogen (secondary N) is 1. The first kappa shape index (κ1) is 22.7. The fourth-order valence-electron chi connectivity index (χ4n) is 3.17. The Morgan fingerprint density at radius 1 is 1.07 bits per heavy atom. The van der Waals surface area contributed by atoms with Crippen molar-refractivity contribution >= 4 is 21.6 Å². The summed E-state index contributed by atoms with van der Waals surface area (Å²) in [5, 5.41) is 2.95. The number of carbonyl (C=O) groups is 1. The Labute approximate surface area is 171 Å². The van der Waals surface area contributed by atoms with Crippen molar-refractivity contribution in [1.82, 2.24) is 5.32 Å². The molecule has 0 aliphatic rings. The van der Waals surface area contributed by atoms with Crippen LogP contribution in [-0.2, 0) is 14.8 Å². The molecule has 8 heteroatoms. The number of benzene rings is 2. The second-order valence-electron chi connectivity index (χ2n) is 6.70. The zero-order valence-electron chi connectivity index (χ0n) is 17.1. The third-order valence-electron chi connectivity index (χ3n) is 4.65. The molecule has 2 aromatic carbocycles. The van der Waals surface area contributed by atoms with E-state index < -0.39 is 27.8 Å². The first-order chi connectivity index (χ1) is 13.7. The number of hydrogen-bond acceptors (Lipinski definition) is 4. The van der Waals surface area contributed by atoms with Gasteiger partial charge in [-0.05, 0) is 54.8 Å². The van der Waals surface area contributed by atoms with Gasteiger partial charge in [-0.1, -0.05) is 26.0 Å². The summed E-state index contributed by atoms with van der Waals surface area (Å²) in [4.78, 5) is 13.1. The van der Waals surface area contributed by atoms with Crippen LogP contribution in [0.4, 0.5) is 10.1 Å². The molecule has 0 saturated heterocycles. The van der Waals surface area contributed by atoms with Gasteiger partial charge in [-0.25, -0.2) is 12.8 Å². The summed E-state index contributed by atoms with van der Waals surface area (Å²) in [7, 11) is -2.19. The predicted octanol–water partition coefficient (Wildman–Crippen LogP) is 3.65. The van der Waals surface area contributed by atoms with Gasteiger partial charge in [0.2, 0.25) is 15.9 Å². The van der Waals surface area contributed by atoms with Crippen molar-refractivity contribution in [2.45, 2.75) is 38.8 Å². The van der Waals surface area contributed by atoms with Crippen LogP contribution in [0.15, 0.2) is 48.5 Å². The number of nitrogens with zero attached hydrogens (tertiary/aromatic N) is 1. The first-order valence-electron chi connectivity index (χ1n) is 9.40. The molecule has 0 saturated carbocycles. The highest BCUT2D eigenvalue weighted by molar-refractivity contribution is 7.92. The first-order valence-corrected chi connectivity index (χ1v) is 11.2. The molecule has 1 amide bonds. The fraction of sp³-hybridized carbons (Fsp3) is 0.381. The topological polar surface area (TPSA) is 75.7 Å². The number of carbonyl (C=O) groups excluding carboxylic acids is 1. The van der Waals surface area contributed by atoms with Gasteiger partial charge < -0.3 is 10.1 Å². The molecule has 0 heterocycles. The lowest BCUT2D eigenvalue weighted by atomic mass is 10.0. The van der Waals surface area contributed by atoms with Gasteiger partial charge in [-0.2, -0.15) is 0 Å². The number of hydrogen-bond donors (Lipinski definition) is 1. The van der Waals surface area contributed by atoms with E-state index in [1.807, 2.05) is 31.2 Å². The molecular formula is C21H27FN2O4S. The summed E-state index contributed by atoms with van der Waals surface area (Å²) >= 11 is 0. The van der Waals surface area contributed by atoms with Crippen LogP contribution in [0.25, 0.3) is 0 Å². The molecule has 2 aromatic rings. The fourth-order valence-corrected chi connectivity index (χ4v) is 4.39. The van der Waals surface area contributed by atoms with Crippen molar-refractivity contribution < 1.29 is 22.3 Å². The Bertz CT molecular complexity index is 915. The normalized spacial score (nSPS) is 13.4. The molecule has 158 valence electrons. The second-order valence-corrected chi connectivity index (χ2v) is 8.56. The van der Waals surface area contributed by atoms with E-state index in [-0.39, 0.29) is 18.2 Å². The number of halogens is 1. The molecular weight excluding hydrogens is 395 g/mol. The molecule has 0 bridgehead atoms. The highest BCUT2D eigenvalue weighted by atomic mass is 32.2. The Morgan fingerprint density at radius 3 is 2.10 bits per heavy atom. The van der Waals surface area contributed by atoms with E-state index in [4.69, 9.17) is 4.74 Å². The van der Waals surface area contributed by atoms with Crippen LogP contribution in [0.5, 0.6) is 5.75 Å². The number of methoxy groups -OCH3 is 1.